The summed E-state index contributed by atoms with van der Waals surface area (Å²) in [7, 11) is 3.01. The van der Waals surface area contributed by atoms with Crippen molar-refractivity contribution < 1.29 is 34.1 Å². The number of carboxylic acid groups (broad SMARTS) is 2. The molecule has 0 spiro atoms. The smallest absolute Gasteiger partial charge is 0.326 e. The lowest BCUT2D eigenvalue weighted by molar-refractivity contribution is -0.152. The first-order chi connectivity index (χ1) is 16.2. The monoisotopic (exact) mass is 470 g/mol. The normalized spacial score (nSPS) is 16.8. The summed E-state index contributed by atoms with van der Waals surface area (Å²) < 4.78 is 10.7. The Morgan fingerprint density at radius 2 is 1.68 bits per heavy atom. The molecule has 182 valence electrons. The summed E-state index contributed by atoms with van der Waals surface area (Å²) in [5.74, 6) is -1.69. The first kappa shape index (κ1) is 25.0. The lowest BCUT2D eigenvalue weighted by Crippen LogP contribution is -2.56. The van der Waals surface area contributed by atoms with E-state index in [1.807, 2.05) is 30.3 Å². The van der Waals surface area contributed by atoms with Crippen LogP contribution in [0.3, 0.4) is 0 Å². The van der Waals surface area contributed by atoms with Gasteiger partial charge in [-0.1, -0.05) is 30.3 Å². The van der Waals surface area contributed by atoms with Crippen molar-refractivity contribution in [2.75, 3.05) is 14.2 Å². The number of rotatable bonds is 10. The van der Waals surface area contributed by atoms with E-state index in [0.717, 1.165) is 16.7 Å². The Morgan fingerprint density at radius 3 is 2.24 bits per heavy atom. The molecule has 34 heavy (non-hydrogen) atoms. The topological polar surface area (TPSA) is 125 Å². The van der Waals surface area contributed by atoms with E-state index in [9.17, 15) is 24.6 Å². The van der Waals surface area contributed by atoms with E-state index in [-0.39, 0.29) is 13.0 Å². The van der Waals surface area contributed by atoms with Gasteiger partial charge in [0.05, 0.1) is 20.3 Å². The largest absolute Gasteiger partial charge is 0.493 e. The molecule has 1 heterocycles. The standard InChI is InChI=1S/C25H30N2O7/c1-15(26-19(24(29)30)10-9-16-7-5-4-6-8-16)23(28)27-14-18-13-22(34-3)21(33-2)12-17(18)11-20(27)25(31)32/h4-8,12-13,15,19-20,26H,9-11,14H2,1-3H3,(H,29,30)(H,31,32)/t15-,19-,20+/m0/s1. The first-order valence-corrected chi connectivity index (χ1v) is 11.0. The van der Waals surface area contributed by atoms with Crippen molar-refractivity contribution in [3.63, 3.8) is 0 Å². The average Bonchev–Trinajstić information content (AvgIpc) is 2.84. The van der Waals surface area contributed by atoms with Crippen LogP contribution < -0.4 is 14.8 Å². The van der Waals surface area contributed by atoms with Gasteiger partial charge in [-0.2, -0.15) is 0 Å². The Balaban J connectivity index is 1.76. The highest BCUT2D eigenvalue weighted by Crippen LogP contribution is 2.35. The number of methoxy groups -OCH3 is 2. The zero-order chi connectivity index (χ0) is 24.8. The van der Waals surface area contributed by atoms with Gasteiger partial charge >= 0.3 is 11.9 Å². The summed E-state index contributed by atoms with van der Waals surface area (Å²) in [6.07, 6.45) is 0.932. The SMILES string of the molecule is COc1cc2c(cc1OC)CN(C(=O)[C@H](C)N[C@@H](CCc1ccccc1)C(=O)O)[C@@H](C(=O)O)C2. The molecular weight excluding hydrogens is 440 g/mol. The molecule has 0 aliphatic carbocycles. The lowest BCUT2D eigenvalue weighted by Gasteiger charge is -2.37. The predicted molar refractivity (Wildman–Crippen MR) is 124 cm³/mol. The van der Waals surface area contributed by atoms with Gasteiger partial charge in [0.2, 0.25) is 5.91 Å². The predicted octanol–water partition coefficient (Wildman–Crippen LogP) is 2.11. The molecular formula is C25H30N2O7. The number of nitrogens with one attached hydrogen (secondary N) is 1. The second-order valence-corrected chi connectivity index (χ2v) is 8.30. The maximum absolute atomic E-state index is 13.3. The van der Waals surface area contributed by atoms with Crippen molar-refractivity contribution in [2.24, 2.45) is 0 Å². The third-order valence-corrected chi connectivity index (χ3v) is 6.09. The minimum atomic E-state index is -1.13. The van der Waals surface area contributed by atoms with Crippen LogP contribution in [0.15, 0.2) is 42.5 Å². The van der Waals surface area contributed by atoms with Crippen LogP contribution in [-0.2, 0) is 33.8 Å². The van der Waals surface area contributed by atoms with Crippen LogP contribution in [0.25, 0.3) is 0 Å². The molecule has 0 fully saturated rings. The van der Waals surface area contributed by atoms with Crippen LogP contribution in [0.2, 0.25) is 0 Å². The van der Waals surface area contributed by atoms with Gasteiger partial charge in [0.15, 0.2) is 11.5 Å². The van der Waals surface area contributed by atoms with Gasteiger partial charge in [0.1, 0.15) is 12.1 Å². The number of carbonyl (C=O) groups is 3. The summed E-state index contributed by atoms with van der Waals surface area (Å²) >= 11 is 0. The Bertz CT molecular complexity index is 1040. The summed E-state index contributed by atoms with van der Waals surface area (Å²) in [4.78, 5) is 38.4. The van der Waals surface area contributed by atoms with Crippen LogP contribution in [0.5, 0.6) is 11.5 Å². The Hall–Kier alpha value is -3.59. The van der Waals surface area contributed by atoms with Crippen LogP contribution in [0, 0.1) is 0 Å². The highest BCUT2D eigenvalue weighted by Gasteiger charge is 2.38. The number of hydrogen-bond donors (Lipinski definition) is 3. The summed E-state index contributed by atoms with van der Waals surface area (Å²) in [5.41, 5.74) is 2.52. The number of ether oxygens (including phenoxy) is 2. The lowest BCUT2D eigenvalue weighted by atomic mass is 9.92. The van der Waals surface area contributed by atoms with E-state index < -0.39 is 36.0 Å². The Labute approximate surface area is 198 Å². The summed E-state index contributed by atoms with van der Waals surface area (Å²) in [5, 5.41) is 22.4. The highest BCUT2D eigenvalue weighted by atomic mass is 16.5. The molecule has 0 saturated carbocycles. The van der Waals surface area contributed by atoms with E-state index in [2.05, 4.69) is 5.32 Å². The number of aryl methyl sites for hydroxylation is 1. The zero-order valence-electron chi connectivity index (χ0n) is 19.5. The fourth-order valence-electron chi connectivity index (χ4n) is 4.22. The van der Waals surface area contributed by atoms with Gasteiger partial charge in [0, 0.05) is 13.0 Å². The van der Waals surface area contributed by atoms with E-state index in [1.165, 1.54) is 19.1 Å². The molecule has 0 unspecified atom stereocenters. The second-order valence-electron chi connectivity index (χ2n) is 8.30. The first-order valence-electron chi connectivity index (χ1n) is 11.0. The average molecular weight is 471 g/mol. The molecule has 0 bridgehead atoms. The molecule has 0 radical (unpaired) electrons. The maximum Gasteiger partial charge on any atom is 0.326 e. The van der Waals surface area contributed by atoms with Gasteiger partial charge in [-0.05, 0) is 48.6 Å². The third-order valence-electron chi connectivity index (χ3n) is 6.09. The van der Waals surface area contributed by atoms with Crippen LogP contribution in [0.1, 0.15) is 30.0 Å². The molecule has 2 aromatic carbocycles. The number of fused-ring (bicyclic) bond motifs is 1. The molecule has 1 aliphatic rings. The van der Waals surface area contributed by atoms with Gasteiger partial charge in [-0.3, -0.25) is 14.9 Å². The molecule has 0 saturated heterocycles. The third kappa shape index (κ3) is 5.66. The van der Waals surface area contributed by atoms with Crippen LogP contribution >= 0.6 is 0 Å². The summed E-state index contributed by atoms with van der Waals surface area (Å²) in [6, 6.07) is 10.0. The number of nitrogens with zero attached hydrogens (tertiary/aromatic N) is 1. The fraction of sp³-hybridized carbons (Fsp3) is 0.400. The van der Waals surface area contributed by atoms with Crippen molar-refractivity contribution in [2.45, 2.75) is 50.9 Å². The van der Waals surface area contributed by atoms with Crippen LogP contribution in [0.4, 0.5) is 0 Å². The quantitative estimate of drug-likeness (QED) is 0.482. The van der Waals surface area contributed by atoms with Gasteiger partial charge in [-0.15, -0.1) is 0 Å². The van der Waals surface area contributed by atoms with E-state index in [0.29, 0.717) is 24.3 Å². The van der Waals surface area contributed by atoms with E-state index in [4.69, 9.17) is 9.47 Å². The highest BCUT2D eigenvalue weighted by molar-refractivity contribution is 5.88. The second kappa shape index (κ2) is 11.0. The van der Waals surface area contributed by atoms with Crippen molar-refractivity contribution in [1.82, 2.24) is 10.2 Å². The van der Waals surface area contributed by atoms with Crippen molar-refractivity contribution >= 4 is 17.8 Å². The van der Waals surface area contributed by atoms with Gasteiger partial charge in [0.25, 0.3) is 0 Å². The maximum atomic E-state index is 13.3. The molecule has 3 N–H and O–H groups in total. The van der Waals surface area contributed by atoms with Crippen LogP contribution in [-0.4, -0.2) is 65.3 Å². The van der Waals surface area contributed by atoms with Crippen molar-refractivity contribution in [1.29, 1.82) is 0 Å². The number of carboxylic acids is 2. The zero-order valence-corrected chi connectivity index (χ0v) is 19.5. The van der Waals surface area contributed by atoms with E-state index >= 15 is 0 Å². The number of amides is 1. The van der Waals surface area contributed by atoms with Crippen molar-refractivity contribution in [3.8, 4) is 11.5 Å². The molecule has 1 amide bonds. The van der Waals surface area contributed by atoms with Gasteiger partial charge in [-0.25, -0.2) is 4.79 Å². The fourth-order valence-corrected chi connectivity index (χ4v) is 4.22. The minimum absolute atomic E-state index is 0.0687. The number of aliphatic carboxylic acids is 2. The van der Waals surface area contributed by atoms with E-state index in [1.54, 1.807) is 19.1 Å². The molecule has 0 aromatic heterocycles. The minimum Gasteiger partial charge on any atom is -0.493 e. The van der Waals surface area contributed by atoms with Crippen molar-refractivity contribution in [3.05, 3.63) is 59.2 Å². The molecule has 9 heteroatoms. The molecule has 3 atom stereocenters. The van der Waals surface area contributed by atoms with Gasteiger partial charge < -0.3 is 24.6 Å². The Kier molecular flexibility index (Phi) is 8.12. The molecule has 3 rings (SSSR count). The summed E-state index contributed by atoms with van der Waals surface area (Å²) in [6.45, 7) is 1.63. The molecule has 1 aliphatic heterocycles. The number of carbonyl (C=O) groups excluding carboxylic acids is 1. The number of benzene rings is 2. The number of hydrogen-bond acceptors (Lipinski definition) is 6. The Morgan fingerprint density at radius 1 is 1.06 bits per heavy atom. The molecule has 2 aromatic rings. The molecule has 9 nitrogen and oxygen atoms in total.